The SMILES string of the molecule is CCCN(C(=O)c1c[nH]c(=O)c(Br)c1)C1CCNCC1. The molecule has 0 spiro atoms. The summed E-state index contributed by atoms with van der Waals surface area (Å²) in [5.41, 5.74) is 0.314. The Kier molecular flexibility index (Phi) is 5.37. The molecule has 0 unspecified atom stereocenters. The summed E-state index contributed by atoms with van der Waals surface area (Å²) in [7, 11) is 0. The van der Waals surface area contributed by atoms with E-state index in [0.29, 0.717) is 10.0 Å². The van der Waals surface area contributed by atoms with Crippen molar-refractivity contribution in [2.24, 2.45) is 0 Å². The molecule has 1 aromatic heterocycles. The fourth-order valence-electron chi connectivity index (χ4n) is 2.55. The molecule has 5 nitrogen and oxygen atoms in total. The lowest BCUT2D eigenvalue weighted by molar-refractivity contribution is 0.0642. The molecule has 0 radical (unpaired) electrons. The van der Waals surface area contributed by atoms with Crippen LogP contribution in [0.4, 0.5) is 0 Å². The predicted octanol–water partition coefficient (Wildman–Crippen LogP) is 1.74. The Labute approximate surface area is 126 Å². The molecule has 0 bridgehead atoms. The van der Waals surface area contributed by atoms with Gasteiger partial charge in [-0.15, -0.1) is 0 Å². The first-order chi connectivity index (χ1) is 9.63. The van der Waals surface area contributed by atoms with E-state index in [0.717, 1.165) is 38.9 Å². The van der Waals surface area contributed by atoms with Crippen molar-refractivity contribution in [2.45, 2.75) is 32.2 Å². The van der Waals surface area contributed by atoms with Crippen LogP contribution in [0.15, 0.2) is 21.5 Å². The number of nitrogens with zero attached hydrogens (tertiary/aromatic N) is 1. The number of hydrogen-bond donors (Lipinski definition) is 2. The Balaban J connectivity index is 2.20. The van der Waals surface area contributed by atoms with Crippen molar-refractivity contribution in [3.05, 3.63) is 32.7 Å². The van der Waals surface area contributed by atoms with Crippen LogP contribution in [0.25, 0.3) is 0 Å². The van der Waals surface area contributed by atoms with Gasteiger partial charge in [-0.2, -0.15) is 0 Å². The van der Waals surface area contributed by atoms with E-state index < -0.39 is 0 Å². The lowest BCUT2D eigenvalue weighted by Crippen LogP contribution is -2.46. The van der Waals surface area contributed by atoms with Crippen LogP contribution >= 0.6 is 15.9 Å². The predicted molar refractivity (Wildman–Crippen MR) is 82.0 cm³/mol. The summed E-state index contributed by atoms with van der Waals surface area (Å²) < 4.78 is 0.394. The monoisotopic (exact) mass is 341 g/mol. The van der Waals surface area contributed by atoms with Gasteiger partial charge in [0, 0.05) is 18.8 Å². The molecule has 2 heterocycles. The number of piperidine rings is 1. The molecule has 1 aromatic rings. The molecular weight excluding hydrogens is 322 g/mol. The highest BCUT2D eigenvalue weighted by Gasteiger charge is 2.25. The zero-order valence-electron chi connectivity index (χ0n) is 11.6. The number of amides is 1. The molecule has 1 aliphatic rings. The second-order valence-electron chi connectivity index (χ2n) is 5.05. The molecule has 0 saturated carbocycles. The highest BCUT2D eigenvalue weighted by molar-refractivity contribution is 9.10. The maximum Gasteiger partial charge on any atom is 0.262 e. The van der Waals surface area contributed by atoms with Crippen molar-refractivity contribution >= 4 is 21.8 Å². The van der Waals surface area contributed by atoms with E-state index in [1.54, 1.807) is 6.07 Å². The minimum Gasteiger partial charge on any atom is -0.336 e. The van der Waals surface area contributed by atoms with Gasteiger partial charge in [-0.3, -0.25) is 9.59 Å². The lowest BCUT2D eigenvalue weighted by atomic mass is 10.0. The van der Waals surface area contributed by atoms with Crippen molar-refractivity contribution in [3.63, 3.8) is 0 Å². The van der Waals surface area contributed by atoms with Gasteiger partial charge in [-0.1, -0.05) is 6.92 Å². The number of rotatable bonds is 4. The van der Waals surface area contributed by atoms with Crippen molar-refractivity contribution in [1.82, 2.24) is 15.2 Å². The molecule has 20 heavy (non-hydrogen) atoms. The Morgan fingerprint density at radius 3 is 2.75 bits per heavy atom. The molecule has 6 heteroatoms. The van der Waals surface area contributed by atoms with Gasteiger partial charge < -0.3 is 15.2 Å². The summed E-state index contributed by atoms with van der Waals surface area (Å²) in [6.45, 7) is 4.73. The Morgan fingerprint density at radius 2 is 2.15 bits per heavy atom. The van der Waals surface area contributed by atoms with Crippen LogP contribution in [-0.2, 0) is 0 Å². The molecule has 2 N–H and O–H groups in total. The summed E-state index contributed by atoms with van der Waals surface area (Å²) in [4.78, 5) is 28.5. The van der Waals surface area contributed by atoms with Crippen molar-refractivity contribution in [1.29, 1.82) is 0 Å². The molecule has 1 saturated heterocycles. The summed E-state index contributed by atoms with van der Waals surface area (Å²) >= 11 is 3.17. The minimum atomic E-state index is -0.217. The first kappa shape index (κ1) is 15.3. The number of aromatic amines is 1. The van der Waals surface area contributed by atoms with Crippen LogP contribution in [0, 0.1) is 0 Å². The highest BCUT2D eigenvalue weighted by Crippen LogP contribution is 2.17. The van der Waals surface area contributed by atoms with Gasteiger partial charge >= 0.3 is 0 Å². The molecule has 2 rings (SSSR count). The second kappa shape index (κ2) is 7.04. The fraction of sp³-hybridized carbons (Fsp3) is 0.571. The number of H-pyrrole nitrogens is 1. The van der Waals surface area contributed by atoms with Crippen LogP contribution in [-0.4, -0.2) is 41.5 Å². The molecular formula is C14H20BrN3O2. The molecule has 1 amide bonds. The van der Waals surface area contributed by atoms with Gasteiger partial charge in [-0.05, 0) is 54.3 Å². The number of nitrogens with one attached hydrogen (secondary N) is 2. The Morgan fingerprint density at radius 1 is 1.45 bits per heavy atom. The van der Waals surface area contributed by atoms with E-state index in [1.165, 1.54) is 6.20 Å². The van der Waals surface area contributed by atoms with Crippen LogP contribution < -0.4 is 10.9 Å². The van der Waals surface area contributed by atoms with Gasteiger partial charge in [-0.25, -0.2) is 0 Å². The first-order valence-electron chi connectivity index (χ1n) is 7.03. The van der Waals surface area contributed by atoms with Crippen LogP contribution in [0.1, 0.15) is 36.5 Å². The van der Waals surface area contributed by atoms with E-state index in [9.17, 15) is 9.59 Å². The molecule has 110 valence electrons. The standard InChI is InChI=1S/C14H20BrN3O2/c1-2-7-18(11-3-5-16-6-4-11)14(20)10-8-12(15)13(19)17-9-10/h8-9,11,16H,2-7H2,1H3,(H,17,19). The van der Waals surface area contributed by atoms with Gasteiger partial charge in [0.2, 0.25) is 0 Å². The van der Waals surface area contributed by atoms with Gasteiger partial charge in [0.1, 0.15) is 0 Å². The smallest absolute Gasteiger partial charge is 0.262 e. The van der Waals surface area contributed by atoms with E-state index in [-0.39, 0.29) is 17.5 Å². The van der Waals surface area contributed by atoms with E-state index in [2.05, 4.69) is 33.2 Å². The van der Waals surface area contributed by atoms with Gasteiger partial charge in [0.05, 0.1) is 10.0 Å². The molecule has 1 aliphatic heterocycles. The fourth-order valence-corrected chi connectivity index (χ4v) is 2.92. The van der Waals surface area contributed by atoms with E-state index >= 15 is 0 Å². The quantitative estimate of drug-likeness (QED) is 0.876. The van der Waals surface area contributed by atoms with Crippen LogP contribution in [0.2, 0.25) is 0 Å². The molecule has 0 aliphatic carbocycles. The second-order valence-corrected chi connectivity index (χ2v) is 5.90. The van der Waals surface area contributed by atoms with Crippen LogP contribution in [0.3, 0.4) is 0 Å². The van der Waals surface area contributed by atoms with Gasteiger partial charge in [0.25, 0.3) is 11.5 Å². The maximum atomic E-state index is 12.7. The number of carbonyl (C=O) groups is 1. The summed E-state index contributed by atoms with van der Waals surface area (Å²) in [5.74, 6) is -0.00398. The van der Waals surface area contributed by atoms with E-state index in [4.69, 9.17) is 0 Å². The number of carbonyl (C=O) groups excluding carboxylic acids is 1. The summed E-state index contributed by atoms with van der Waals surface area (Å²) in [6.07, 6.45) is 4.39. The molecule has 0 aromatic carbocycles. The average molecular weight is 342 g/mol. The topological polar surface area (TPSA) is 65.2 Å². The molecule has 1 fully saturated rings. The average Bonchev–Trinajstić information content (AvgIpc) is 2.48. The van der Waals surface area contributed by atoms with Gasteiger partial charge in [0.15, 0.2) is 0 Å². The van der Waals surface area contributed by atoms with Crippen molar-refractivity contribution in [2.75, 3.05) is 19.6 Å². The third-order valence-electron chi connectivity index (χ3n) is 3.58. The summed E-state index contributed by atoms with van der Waals surface area (Å²) in [5, 5.41) is 3.31. The molecule has 0 atom stereocenters. The Bertz CT molecular complexity index is 523. The Hall–Kier alpha value is -1.14. The number of halogens is 1. The highest BCUT2D eigenvalue weighted by atomic mass is 79.9. The van der Waals surface area contributed by atoms with Crippen LogP contribution in [0.5, 0.6) is 0 Å². The lowest BCUT2D eigenvalue weighted by Gasteiger charge is -2.34. The third-order valence-corrected chi connectivity index (χ3v) is 4.17. The normalized spacial score (nSPS) is 16.1. The third kappa shape index (κ3) is 3.49. The first-order valence-corrected chi connectivity index (χ1v) is 7.82. The number of hydrogen-bond acceptors (Lipinski definition) is 3. The summed E-state index contributed by atoms with van der Waals surface area (Å²) in [6, 6.07) is 1.89. The zero-order chi connectivity index (χ0) is 14.5. The number of pyridine rings is 1. The van der Waals surface area contributed by atoms with E-state index in [1.807, 2.05) is 4.90 Å². The van der Waals surface area contributed by atoms with Crippen molar-refractivity contribution < 1.29 is 4.79 Å². The largest absolute Gasteiger partial charge is 0.336 e. The zero-order valence-corrected chi connectivity index (χ0v) is 13.2. The van der Waals surface area contributed by atoms with Crippen molar-refractivity contribution in [3.8, 4) is 0 Å². The minimum absolute atomic E-state index is 0.00398. The number of aromatic nitrogens is 1. The maximum absolute atomic E-state index is 12.7.